The second-order valence-corrected chi connectivity index (χ2v) is 9.42. The topological polar surface area (TPSA) is 75.4 Å². The number of aryl methyl sites for hydroxylation is 1. The lowest BCUT2D eigenvalue weighted by atomic mass is 10.0. The van der Waals surface area contributed by atoms with Crippen LogP contribution in [0.4, 0.5) is 0 Å². The van der Waals surface area contributed by atoms with Crippen molar-refractivity contribution in [3.8, 4) is 11.1 Å². The van der Waals surface area contributed by atoms with Crippen molar-refractivity contribution in [3.63, 3.8) is 0 Å². The van der Waals surface area contributed by atoms with Crippen LogP contribution in [-0.4, -0.2) is 36.3 Å². The average molecular weight is 518 g/mol. The molecule has 0 heterocycles. The minimum atomic E-state index is -0.140. The van der Waals surface area contributed by atoms with E-state index in [1.165, 1.54) is 5.56 Å². The summed E-state index contributed by atoms with van der Waals surface area (Å²) in [4.78, 5) is 27.6. The molecule has 4 rings (SSSR count). The fourth-order valence-electron chi connectivity index (χ4n) is 4.42. The molecule has 0 atom stereocenters. The van der Waals surface area contributed by atoms with Crippen molar-refractivity contribution in [1.82, 2.24) is 10.2 Å². The van der Waals surface area contributed by atoms with Gasteiger partial charge in [0, 0.05) is 37.8 Å². The van der Waals surface area contributed by atoms with Gasteiger partial charge in [-0.25, -0.2) is 0 Å². The third-order valence-electron chi connectivity index (χ3n) is 6.45. The van der Waals surface area contributed by atoms with E-state index in [9.17, 15) is 9.59 Å². The highest BCUT2D eigenvalue weighted by atomic mass is 16.2. The first-order chi connectivity index (χ1) is 19.1. The van der Waals surface area contributed by atoms with Gasteiger partial charge in [0.2, 0.25) is 5.91 Å². The van der Waals surface area contributed by atoms with Crippen LogP contribution in [0.3, 0.4) is 0 Å². The van der Waals surface area contributed by atoms with Gasteiger partial charge in [0.05, 0.1) is 0 Å². The molecule has 5 heteroatoms. The molecule has 4 aromatic rings. The molecular weight excluding hydrogens is 482 g/mol. The number of hydrogen-bond donors (Lipinski definition) is 2. The summed E-state index contributed by atoms with van der Waals surface area (Å²) < 4.78 is 0. The molecule has 0 aliphatic rings. The normalized spacial score (nSPS) is 10.9. The first kappa shape index (κ1) is 27.6. The van der Waals surface area contributed by atoms with Crippen LogP contribution in [0.25, 0.3) is 17.2 Å². The Labute approximate surface area is 231 Å². The summed E-state index contributed by atoms with van der Waals surface area (Å²) in [5, 5.41) is 2.82. The van der Waals surface area contributed by atoms with E-state index < -0.39 is 0 Å². The molecule has 0 spiro atoms. The van der Waals surface area contributed by atoms with Gasteiger partial charge in [0.25, 0.3) is 5.91 Å². The molecule has 0 bridgehead atoms. The van der Waals surface area contributed by atoms with Crippen LogP contribution in [0.1, 0.15) is 33.5 Å². The highest BCUT2D eigenvalue weighted by Gasteiger charge is 2.13. The Hall–Kier alpha value is -4.48. The second-order valence-electron chi connectivity index (χ2n) is 9.42. The molecule has 3 N–H and O–H groups in total. The summed E-state index contributed by atoms with van der Waals surface area (Å²) in [7, 11) is 0. The van der Waals surface area contributed by atoms with Crippen LogP contribution < -0.4 is 11.1 Å². The lowest BCUT2D eigenvalue weighted by molar-refractivity contribution is -0.126. The zero-order chi connectivity index (χ0) is 27.3. The number of benzene rings is 4. The van der Waals surface area contributed by atoms with Crippen LogP contribution in [0.5, 0.6) is 0 Å². The number of carbonyl (C=O) groups is 2. The number of nitrogens with two attached hydrogens (primary N) is 1. The molecule has 0 fully saturated rings. The lowest BCUT2D eigenvalue weighted by Gasteiger charge is -2.22. The minimum Gasteiger partial charge on any atom is -0.351 e. The number of carbonyl (C=O) groups excluding carboxylic acids is 2. The summed E-state index contributed by atoms with van der Waals surface area (Å²) in [6.45, 7) is 1.98. The van der Waals surface area contributed by atoms with Gasteiger partial charge >= 0.3 is 0 Å². The maximum atomic E-state index is 13.3. The molecule has 2 amide bonds. The smallest absolute Gasteiger partial charge is 0.251 e. The van der Waals surface area contributed by atoms with Crippen molar-refractivity contribution in [2.24, 2.45) is 5.73 Å². The van der Waals surface area contributed by atoms with Gasteiger partial charge in [-0.1, -0.05) is 91.0 Å². The summed E-state index contributed by atoms with van der Waals surface area (Å²) >= 11 is 0. The number of amides is 2. The van der Waals surface area contributed by atoms with E-state index in [2.05, 4.69) is 23.5 Å². The Kier molecular flexibility index (Phi) is 10.2. The molecule has 0 aliphatic heterocycles. The van der Waals surface area contributed by atoms with Crippen LogP contribution in [-0.2, 0) is 17.8 Å². The zero-order valence-corrected chi connectivity index (χ0v) is 22.1. The summed E-state index contributed by atoms with van der Waals surface area (Å²) in [5.74, 6) is -0.158. The van der Waals surface area contributed by atoms with Gasteiger partial charge in [-0.2, -0.15) is 0 Å². The standard InChI is InChI=1S/C34H35N3O2/c35-21-22-36-34(39)32-18-8-17-31(25-32)30-16-7-14-29(24-30)26-37(23-9-15-27-10-3-1-4-11-27)33(38)20-19-28-12-5-2-6-13-28/h1-8,10-14,16-20,24-25H,9,15,21-23,26,35H2,(H,36,39)/b20-19+. The van der Waals surface area contributed by atoms with Crippen molar-refractivity contribution in [1.29, 1.82) is 0 Å². The van der Waals surface area contributed by atoms with E-state index in [-0.39, 0.29) is 11.8 Å². The Morgan fingerprint density at radius 3 is 2.18 bits per heavy atom. The number of nitrogens with zero attached hydrogens (tertiary/aromatic N) is 1. The zero-order valence-electron chi connectivity index (χ0n) is 22.1. The Balaban J connectivity index is 1.50. The molecule has 0 saturated carbocycles. The second kappa shape index (κ2) is 14.5. The fourth-order valence-corrected chi connectivity index (χ4v) is 4.42. The highest BCUT2D eigenvalue weighted by Crippen LogP contribution is 2.23. The molecule has 0 saturated heterocycles. The molecule has 0 radical (unpaired) electrons. The van der Waals surface area contributed by atoms with E-state index in [0.717, 1.165) is 35.1 Å². The van der Waals surface area contributed by atoms with E-state index in [0.29, 0.717) is 31.7 Å². The molecule has 0 aliphatic carbocycles. The van der Waals surface area contributed by atoms with Crippen LogP contribution in [0.2, 0.25) is 0 Å². The molecule has 198 valence electrons. The van der Waals surface area contributed by atoms with Crippen molar-refractivity contribution in [2.75, 3.05) is 19.6 Å². The first-order valence-electron chi connectivity index (χ1n) is 13.4. The monoisotopic (exact) mass is 517 g/mol. The summed E-state index contributed by atoms with van der Waals surface area (Å²) in [6.07, 6.45) is 5.30. The van der Waals surface area contributed by atoms with E-state index in [1.807, 2.05) is 95.9 Å². The highest BCUT2D eigenvalue weighted by molar-refractivity contribution is 5.95. The Bertz CT molecular complexity index is 1380. The van der Waals surface area contributed by atoms with Gasteiger partial charge in [0.15, 0.2) is 0 Å². The largest absolute Gasteiger partial charge is 0.351 e. The Morgan fingerprint density at radius 1 is 0.769 bits per heavy atom. The predicted octanol–water partition coefficient (Wildman–Crippen LogP) is 5.72. The maximum absolute atomic E-state index is 13.3. The van der Waals surface area contributed by atoms with Crippen LogP contribution in [0.15, 0.2) is 115 Å². The van der Waals surface area contributed by atoms with Gasteiger partial charge in [-0.05, 0) is 64.9 Å². The van der Waals surface area contributed by atoms with E-state index in [4.69, 9.17) is 5.73 Å². The number of hydrogen-bond acceptors (Lipinski definition) is 3. The minimum absolute atomic E-state index is 0.0177. The third-order valence-corrected chi connectivity index (χ3v) is 6.45. The van der Waals surface area contributed by atoms with Crippen molar-refractivity contribution in [3.05, 3.63) is 138 Å². The maximum Gasteiger partial charge on any atom is 0.251 e. The number of rotatable bonds is 12. The van der Waals surface area contributed by atoms with Gasteiger partial charge < -0.3 is 16.0 Å². The molecule has 0 unspecified atom stereocenters. The lowest BCUT2D eigenvalue weighted by Crippen LogP contribution is -2.30. The molecule has 4 aromatic carbocycles. The van der Waals surface area contributed by atoms with E-state index >= 15 is 0 Å². The SMILES string of the molecule is NCCNC(=O)c1cccc(-c2cccc(CN(CCCc3ccccc3)C(=O)/C=C/c3ccccc3)c2)c1. The fraction of sp³-hybridized carbons (Fsp3) is 0.176. The van der Waals surface area contributed by atoms with Crippen molar-refractivity contribution < 1.29 is 9.59 Å². The first-order valence-corrected chi connectivity index (χ1v) is 13.4. The molecule has 0 aromatic heterocycles. The quantitative estimate of drug-likeness (QED) is 0.236. The van der Waals surface area contributed by atoms with Crippen molar-refractivity contribution >= 4 is 17.9 Å². The average Bonchev–Trinajstić information content (AvgIpc) is 2.99. The number of nitrogens with one attached hydrogen (secondary N) is 1. The predicted molar refractivity (Wildman–Crippen MR) is 159 cm³/mol. The summed E-state index contributed by atoms with van der Waals surface area (Å²) in [6, 6.07) is 35.9. The van der Waals surface area contributed by atoms with Gasteiger partial charge in [-0.3, -0.25) is 9.59 Å². The van der Waals surface area contributed by atoms with Gasteiger partial charge in [0.1, 0.15) is 0 Å². The van der Waals surface area contributed by atoms with Crippen LogP contribution in [0, 0.1) is 0 Å². The third kappa shape index (κ3) is 8.52. The summed E-state index contributed by atoms with van der Waals surface area (Å²) in [5.41, 5.74) is 11.3. The molecule has 5 nitrogen and oxygen atoms in total. The van der Waals surface area contributed by atoms with Crippen molar-refractivity contribution in [2.45, 2.75) is 19.4 Å². The Morgan fingerprint density at radius 2 is 1.44 bits per heavy atom. The molecular formula is C34H35N3O2. The van der Waals surface area contributed by atoms with Crippen LogP contribution >= 0.6 is 0 Å². The van der Waals surface area contributed by atoms with E-state index in [1.54, 1.807) is 12.1 Å². The van der Waals surface area contributed by atoms with Gasteiger partial charge in [-0.15, -0.1) is 0 Å². The molecule has 39 heavy (non-hydrogen) atoms.